The van der Waals surface area contributed by atoms with Gasteiger partial charge in [-0.2, -0.15) is 13.2 Å². The molecule has 1 rings (SSSR count). The first-order valence-corrected chi connectivity index (χ1v) is 8.74. The number of nitrogens with one attached hydrogen (secondary N) is 2. The third-order valence-corrected chi connectivity index (χ3v) is 3.73. The molecule has 0 heterocycles. The number of aliphatic hydroxyl groups excluding tert-OH is 1. The summed E-state index contributed by atoms with van der Waals surface area (Å²) in [5, 5.41) is 16.6. The van der Waals surface area contributed by atoms with E-state index in [4.69, 9.17) is 23.2 Å². The maximum absolute atomic E-state index is 12.3. The second-order valence-corrected chi connectivity index (χ2v) is 6.53. The van der Waals surface area contributed by atoms with E-state index in [0.29, 0.717) is 27.1 Å². The molecule has 1 amide bonds. The van der Waals surface area contributed by atoms with E-state index in [-0.39, 0.29) is 36.5 Å². The molecule has 0 aliphatic rings. The summed E-state index contributed by atoms with van der Waals surface area (Å²) < 4.78 is 36.9. The Labute approximate surface area is 188 Å². The smallest absolute Gasteiger partial charge is 0.387 e. The van der Waals surface area contributed by atoms with Crippen LogP contribution >= 0.6 is 47.2 Å². The molecule has 3 N–H and O–H groups in total. The van der Waals surface area contributed by atoms with Crippen LogP contribution in [0.2, 0.25) is 10.0 Å². The van der Waals surface area contributed by atoms with Crippen molar-refractivity contribution in [2.75, 3.05) is 33.2 Å². The number of guanidine groups is 1. The first-order valence-electron chi connectivity index (χ1n) is 7.98. The van der Waals surface area contributed by atoms with E-state index >= 15 is 0 Å². The molecule has 0 aliphatic carbocycles. The van der Waals surface area contributed by atoms with Crippen molar-refractivity contribution in [1.29, 1.82) is 0 Å². The predicted molar refractivity (Wildman–Crippen MR) is 115 cm³/mol. The molecule has 6 nitrogen and oxygen atoms in total. The van der Waals surface area contributed by atoms with Gasteiger partial charge >= 0.3 is 6.18 Å². The number of hydrogen-bond acceptors (Lipinski definition) is 3. The summed E-state index contributed by atoms with van der Waals surface area (Å²) in [4.78, 5) is 16.2. The van der Waals surface area contributed by atoms with Crippen LogP contribution in [0.15, 0.2) is 23.2 Å². The Bertz CT molecular complexity index is 658. The van der Waals surface area contributed by atoms with Gasteiger partial charge in [-0.1, -0.05) is 23.2 Å². The fourth-order valence-electron chi connectivity index (χ4n) is 2.05. The lowest BCUT2D eigenvalue weighted by Crippen LogP contribution is -2.41. The lowest BCUT2D eigenvalue weighted by molar-refractivity contribution is -0.157. The number of likely N-dealkylation sites (N-methyl/N-ethyl adjacent to an activating group) is 1. The maximum atomic E-state index is 12.3. The molecule has 1 aromatic rings. The molecular weight excluding hydrogens is 535 g/mol. The van der Waals surface area contributed by atoms with Crippen LogP contribution in [-0.2, 0) is 4.79 Å². The average molecular weight is 557 g/mol. The zero-order valence-corrected chi connectivity index (χ0v) is 19.0. The van der Waals surface area contributed by atoms with Crippen LogP contribution in [0.25, 0.3) is 0 Å². The SMILES string of the molecule is CCNC(=NCC(=O)N(C)CC(F)(F)F)NCC(O)c1cc(Cl)cc(Cl)c1.I. The molecule has 0 spiro atoms. The van der Waals surface area contributed by atoms with Gasteiger partial charge in [-0.3, -0.25) is 4.79 Å². The van der Waals surface area contributed by atoms with E-state index in [1.165, 1.54) is 6.07 Å². The first kappa shape index (κ1) is 27.0. The van der Waals surface area contributed by atoms with E-state index in [2.05, 4.69) is 15.6 Å². The average Bonchev–Trinajstić information content (AvgIpc) is 2.54. The van der Waals surface area contributed by atoms with Gasteiger partial charge in [0, 0.05) is 30.2 Å². The number of nitrogens with zero attached hydrogens (tertiary/aromatic N) is 2. The highest BCUT2D eigenvalue weighted by atomic mass is 127. The zero-order chi connectivity index (χ0) is 20.6. The van der Waals surface area contributed by atoms with Crippen LogP contribution in [0.5, 0.6) is 0 Å². The van der Waals surface area contributed by atoms with Gasteiger partial charge in [0.1, 0.15) is 13.1 Å². The van der Waals surface area contributed by atoms with Crippen LogP contribution in [-0.4, -0.2) is 61.3 Å². The number of carbonyl (C=O) groups is 1. The van der Waals surface area contributed by atoms with Crippen molar-refractivity contribution in [3.63, 3.8) is 0 Å². The number of rotatable bonds is 7. The Morgan fingerprint density at radius 1 is 1.25 bits per heavy atom. The number of halogens is 6. The van der Waals surface area contributed by atoms with Crippen LogP contribution in [0.3, 0.4) is 0 Å². The largest absolute Gasteiger partial charge is 0.406 e. The molecule has 160 valence electrons. The van der Waals surface area contributed by atoms with Crippen LogP contribution in [0, 0.1) is 0 Å². The minimum Gasteiger partial charge on any atom is -0.387 e. The molecule has 0 saturated heterocycles. The van der Waals surface area contributed by atoms with Gasteiger partial charge in [0.05, 0.1) is 6.10 Å². The Morgan fingerprint density at radius 3 is 2.32 bits per heavy atom. The number of aliphatic hydroxyl groups is 1. The fourth-order valence-corrected chi connectivity index (χ4v) is 2.59. The maximum Gasteiger partial charge on any atom is 0.406 e. The van der Waals surface area contributed by atoms with Crippen LogP contribution < -0.4 is 10.6 Å². The lowest BCUT2D eigenvalue weighted by Gasteiger charge is -2.19. The standard InChI is InChI=1S/C16H21Cl2F3N4O2.HI/c1-3-22-15(24-8-14(27)25(2)9-16(19,20)21)23-7-13(26)10-4-11(17)6-12(18)5-10;/h4-6,13,26H,3,7-9H2,1-2H3,(H2,22,23,24);1H. The number of alkyl halides is 3. The Balaban J connectivity index is 0.00000729. The molecule has 1 aromatic carbocycles. The molecule has 0 aromatic heterocycles. The molecule has 1 unspecified atom stereocenters. The highest BCUT2D eigenvalue weighted by Crippen LogP contribution is 2.23. The van der Waals surface area contributed by atoms with Gasteiger partial charge in [-0.15, -0.1) is 24.0 Å². The third kappa shape index (κ3) is 10.5. The van der Waals surface area contributed by atoms with Gasteiger partial charge < -0.3 is 20.6 Å². The molecule has 0 aliphatic heterocycles. The number of carbonyl (C=O) groups excluding carboxylic acids is 1. The molecule has 12 heteroatoms. The van der Waals surface area contributed by atoms with Crippen molar-refractivity contribution < 1.29 is 23.1 Å². The van der Waals surface area contributed by atoms with Crippen LogP contribution in [0.4, 0.5) is 13.2 Å². The van der Waals surface area contributed by atoms with Crippen molar-refractivity contribution in [1.82, 2.24) is 15.5 Å². The molecule has 28 heavy (non-hydrogen) atoms. The minimum absolute atomic E-state index is 0. The number of benzene rings is 1. The van der Waals surface area contributed by atoms with E-state index in [1.54, 1.807) is 19.1 Å². The van der Waals surface area contributed by atoms with Crippen molar-refractivity contribution in [2.45, 2.75) is 19.2 Å². The second-order valence-electron chi connectivity index (χ2n) is 5.66. The van der Waals surface area contributed by atoms with Crippen LogP contribution in [0.1, 0.15) is 18.6 Å². The third-order valence-electron chi connectivity index (χ3n) is 3.29. The Kier molecular flexibility index (Phi) is 12.1. The van der Waals surface area contributed by atoms with Crippen molar-refractivity contribution >= 4 is 59.0 Å². The molecular formula is C16H22Cl2F3IN4O2. The van der Waals surface area contributed by atoms with E-state index in [1.807, 2.05) is 0 Å². The topological polar surface area (TPSA) is 77.0 Å². The van der Waals surface area contributed by atoms with Crippen molar-refractivity contribution in [3.8, 4) is 0 Å². The molecule has 0 bridgehead atoms. The summed E-state index contributed by atoms with van der Waals surface area (Å²) in [6.07, 6.45) is -5.44. The number of hydrogen-bond donors (Lipinski definition) is 3. The van der Waals surface area contributed by atoms with E-state index < -0.39 is 31.3 Å². The summed E-state index contributed by atoms with van der Waals surface area (Å²) in [6, 6.07) is 4.64. The monoisotopic (exact) mass is 556 g/mol. The predicted octanol–water partition coefficient (Wildman–Crippen LogP) is 3.22. The molecule has 1 atom stereocenters. The van der Waals surface area contributed by atoms with Crippen molar-refractivity contribution in [3.05, 3.63) is 33.8 Å². The summed E-state index contributed by atoms with van der Waals surface area (Å²) >= 11 is 11.8. The summed E-state index contributed by atoms with van der Waals surface area (Å²) in [5.74, 6) is -0.606. The quantitative estimate of drug-likeness (QED) is 0.274. The van der Waals surface area contributed by atoms with Gasteiger partial charge in [0.25, 0.3) is 0 Å². The number of amides is 1. The first-order chi connectivity index (χ1) is 12.5. The normalized spacial score (nSPS) is 12.8. The fraction of sp³-hybridized carbons (Fsp3) is 0.500. The van der Waals surface area contributed by atoms with Gasteiger partial charge in [-0.25, -0.2) is 4.99 Å². The summed E-state index contributed by atoms with van der Waals surface area (Å²) in [6.45, 7) is 0.440. The summed E-state index contributed by atoms with van der Waals surface area (Å²) in [5.41, 5.74) is 0.483. The Morgan fingerprint density at radius 2 is 1.82 bits per heavy atom. The molecule has 0 saturated carbocycles. The van der Waals surface area contributed by atoms with Gasteiger partial charge in [-0.05, 0) is 30.7 Å². The minimum atomic E-state index is -4.47. The highest BCUT2D eigenvalue weighted by Gasteiger charge is 2.31. The lowest BCUT2D eigenvalue weighted by atomic mass is 10.1. The van der Waals surface area contributed by atoms with E-state index in [9.17, 15) is 23.1 Å². The molecule has 0 radical (unpaired) electrons. The Hall–Kier alpha value is -0.980. The highest BCUT2D eigenvalue weighted by molar-refractivity contribution is 14.0. The van der Waals surface area contributed by atoms with Gasteiger partial charge in [0.15, 0.2) is 5.96 Å². The summed E-state index contributed by atoms with van der Waals surface area (Å²) in [7, 11) is 1.05. The van der Waals surface area contributed by atoms with E-state index in [0.717, 1.165) is 7.05 Å². The second kappa shape index (κ2) is 12.6. The van der Waals surface area contributed by atoms with Crippen molar-refractivity contribution in [2.24, 2.45) is 4.99 Å². The zero-order valence-electron chi connectivity index (χ0n) is 15.2. The number of aliphatic imine (C=N–C) groups is 1. The molecule has 0 fully saturated rings. The van der Waals surface area contributed by atoms with Gasteiger partial charge in [0.2, 0.25) is 5.91 Å².